The standard InChI is InChI=1S/C30H31N3O4S2/c1-4-33-28(35)21-13-9-10-14-23(21)31-30(33)38-18(3)26(34)32-27-25(29(36)37-5-2)22-16-15-20(17-24(22)39-27)19-11-7-6-8-12-19/h6-14,18,20H,4-5,15-17H2,1-3H3,(H,32,34). The Kier molecular flexibility index (Phi) is 8.18. The number of thioether (sulfide) groups is 1. The Morgan fingerprint density at radius 3 is 2.64 bits per heavy atom. The fourth-order valence-corrected chi connectivity index (χ4v) is 7.34. The maximum Gasteiger partial charge on any atom is 0.341 e. The number of thiophene rings is 1. The van der Waals surface area contributed by atoms with E-state index in [-0.39, 0.29) is 18.1 Å². The van der Waals surface area contributed by atoms with Crippen molar-refractivity contribution in [2.75, 3.05) is 11.9 Å². The minimum Gasteiger partial charge on any atom is -0.462 e. The van der Waals surface area contributed by atoms with Crippen LogP contribution in [0.15, 0.2) is 64.5 Å². The number of hydrogen-bond donors (Lipinski definition) is 1. The summed E-state index contributed by atoms with van der Waals surface area (Å²) in [7, 11) is 0. The van der Waals surface area contributed by atoms with Gasteiger partial charge in [-0.2, -0.15) is 0 Å². The smallest absolute Gasteiger partial charge is 0.341 e. The minimum atomic E-state index is -0.554. The molecule has 39 heavy (non-hydrogen) atoms. The zero-order valence-corrected chi connectivity index (χ0v) is 23.9. The van der Waals surface area contributed by atoms with Gasteiger partial charge < -0.3 is 10.1 Å². The van der Waals surface area contributed by atoms with E-state index in [0.717, 1.165) is 29.7 Å². The van der Waals surface area contributed by atoms with E-state index in [0.29, 0.717) is 39.1 Å². The molecule has 4 aromatic rings. The number of anilines is 1. The van der Waals surface area contributed by atoms with Crippen LogP contribution in [0.3, 0.4) is 0 Å². The third-order valence-corrected chi connectivity index (χ3v) is 9.31. The quantitative estimate of drug-likeness (QED) is 0.160. The van der Waals surface area contributed by atoms with Gasteiger partial charge in [0.05, 0.1) is 28.3 Å². The number of para-hydroxylation sites is 1. The number of benzene rings is 2. The molecule has 2 atom stereocenters. The molecule has 0 saturated heterocycles. The van der Waals surface area contributed by atoms with Crippen LogP contribution in [-0.2, 0) is 28.9 Å². The van der Waals surface area contributed by atoms with E-state index in [9.17, 15) is 14.4 Å². The molecule has 1 amide bonds. The first kappa shape index (κ1) is 27.1. The molecule has 0 saturated carbocycles. The van der Waals surface area contributed by atoms with Crippen LogP contribution in [0.4, 0.5) is 5.00 Å². The van der Waals surface area contributed by atoms with Gasteiger partial charge in [0.2, 0.25) is 5.91 Å². The van der Waals surface area contributed by atoms with Crippen LogP contribution in [0.1, 0.15) is 59.5 Å². The van der Waals surface area contributed by atoms with Crippen LogP contribution in [0.5, 0.6) is 0 Å². The van der Waals surface area contributed by atoms with Crippen molar-refractivity contribution in [3.8, 4) is 0 Å². The SMILES string of the molecule is CCOC(=O)c1c(NC(=O)C(C)Sc2nc3ccccc3c(=O)n2CC)sc2c1CCC(c1ccccc1)C2. The number of ether oxygens (including phenoxy) is 1. The molecule has 0 spiro atoms. The van der Waals surface area contributed by atoms with Gasteiger partial charge in [0.25, 0.3) is 5.56 Å². The van der Waals surface area contributed by atoms with Gasteiger partial charge in [0.1, 0.15) is 5.00 Å². The number of carbonyl (C=O) groups excluding carboxylic acids is 2. The summed E-state index contributed by atoms with van der Waals surface area (Å²) in [6.45, 7) is 6.16. The van der Waals surface area contributed by atoms with Crippen molar-refractivity contribution in [3.63, 3.8) is 0 Å². The summed E-state index contributed by atoms with van der Waals surface area (Å²) in [6, 6.07) is 17.6. The molecule has 7 nitrogen and oxygen atoms in total. The number of amides is 1. The highest BCUT2D eigenvalue weighted by molar-refractivity contribution is 8.00. The number of fused-ring (bicyclic) bond motifs is 2. The van der Waals surface area contributed by atoms with Crippen LogP contribution in [0.2, 0.25) is 0 Å². The van der Waals surface area contributed by atoms with Crippen molar-refractivity contribution in [1.82, 2.24) is 9.55 Å². The van der Waals surface area contributed by atoms with Gasteiger partial charge in [-0.25, -0.2) is 9.78 Å². The predicted molar refractivity (Wildman–Crippen MR) is 157 cm³/mol. The highest BCUT2D eigenvalue weighted by Crippen LogP contribution is 2.43. The largest absolute Gasteiger partial charge is 0.462 e. The summed E-state index contributed by atoms with van der Waals surface area (Å²) in [5.41, 5.74) is 3.22. The maximum absolute atomic E-state index is 13.4. The Balaban J connectivity index is 1.41. The van der Waals surface area contributed by atoms with E-state index in [2.05, 4.69) is 34.6 Å². The summed E-state index contributed by atoms with van der Waals surface area (Å²) >= 11 is 2.70. The molecule has 2 aromatic heterocycles. The van der Waals surface area contributed by atoms with E-state index >= 15 is 0 Å². The summed E-state index contributed by atoms with van der Waals surface area (Å²) in [5, 5.41) is 4.04. The Morgan fingerprint density at radius 2 is 1.90 bits per heavy atom. The second kappa shape index (κ2) is 11.8. The Hall–Kier alpha value is -3.43. The number of hydrogen-bond acceptors (Lipinski definition) is 7. The lowest BCUT2D eigenvalue weighted by Crippen LogP contribution is -2.27. The molecule has 9 heteroatoms. The lowest BCUT2D eigenvalue weighted by Gasteiger charge is -2.23. The highest BCUT2D eigenvalue weighted by atomic mass is 32.2. The van der Waals surface area contributed by atoms with Gasteiger partial charge in [-0.3, -0.25) is 14.2 Å². The van der Waals surface area contributed by atoms with Crippen molar-refractivity contribution in [3.05, 3.63) is 86.5 Å². The Morgan fingerprint density at radius 1 is 1.15 bits per heavy atom. The second-order valence-corrected chi connectivity index (χ2v) is 11.9. The number of esters is 1. The first-order chi connectivity index (χ1) is 18.9. The number of rotatable bonds is 8. The van der Waals surface area contributed by atoms with Gasteiger partial charge in [-0.05, 0) is 69.2 Å². The molecule has 0 aliphatic heterocycles. The van der Waals surface area contributed by atoms with Gasteiger partial charge >= 0.3 is 5.97 Å². The van der Waals surface area contributed by atoms with E-state index in [1.165, 1.54) is 28.7 Å². The lowest BCUT2D eigenvalue weighted by molar-refractivity contribution is -0.115. The molecule has 0 fully saturated rings. The molecule has 0 radical (unpaired) electrons. The zero-order chi connectivity index (χ0) is 27.5. The monoisotopic (exact) mass is 561 g/mol. The van der Waals surface area contributed by atoms with Gasteiger partial charge in [0, 0.05) is 11.4 Å². The van der Waals surface area contributed by atoms with Gasteiger partial charge in [0.15, 0.2) is 5.16 Å². The fraction of sp³-hybridized carbons (Fsp3) is 0.333. The first-order valence-electron chi connectivity index (χ1n) is 13.2. The predicted octanol–water partition coefficient (Wildman–Crippen LogP) is 6.05. The summed E-state index contributed by atoms with van der Waals surface area (Å²) < 4.78 is 6.98. The third kappa shape index (κ3) is 5.51. The van der Waals surface area contributed by atoms with Crippen LogP contribution < -0.4 is 10.9 Å². The molecule has 2 heterocycles. The molecular weight excluding hydrogens is 530 g/mol. The molecule has 5 rings (SSSR count). The highest BCUT2D eigenvalue weighted by Gasteiger charge is 2.31. The van der Waals surface area contributed by atoms with E-state index in [1.807, 2.05) is 25.1 Å². The first-order valence-corrected chi connectivity index (χ1v) is 14.9. The van der Waals surface area contributed by atoms with E-state index in [1.54, 1.807) is 30.5 Å². The van der Waals surface area contributed by atoms with Gasteiger partial charge in [-0.1, -0.05) is 54.2 Å². The number of aromatic nitrogens is 2. The normalized spacial score (nSPS) is 15.5. The Bertz CT molecular complexity index is 1580. The third-order valence-electron chi connectivity index (χ3n) is 7.05. The van der Waals surface area contributed by atoms with Crippen LogP contribution in [0, 0.1) is 0 Å². The second-order valence-electron chi connectivity index (χ2n) is 9.49. The molecule has 202 valence electrons. The summed E-state index contributed by atoms with van der Waals surface area (Å²) in [6.07, 6.45) is 2.51. The maximum atomic E-state index is 13.4. The van der Waals surface area contributed by atoms with Crippen molar-refractivity contribution in [2.45, 2.75) is 62.9 Å². The van der Waals surface area contributed by atoms with E-state index in [4.69, 9.17) is 4.74 Å². The van der Waals surface area contributed by atoms with Crippen molar-refractivity contribution < 1.29 is 14.3 Å². The van der Waals surface area contributed by atoms with Crippen LogP contribution >= 0.6 is 23.1 Å². The summed E-state index contributed by atoms with van der Waals surface area (Å²) in [4.78, 5) is 45.2. The van der Waals surface area contributed by atoms with Crippen LogP contribution in [-0.4, -0.2) is 33.3 Å². The molecule has 1 aliphatic rings. The van der Waals surface area contributed by atoms with Gasteiger partial charge in [-0.15, -0.1) is 11.3 Å². The number of nitrogens with zero attached hydrogens (tertiary/aromatic N) is 2. The van der Waals surface area contributed by atoms with Crippen molar-refractivity contribution >= 4 is 50.9 Å². The van der Waals surface area contributed by atoms with E-state index < -0.39 is 11.2 Å². The minimum absolute atomic E-state index is 0.123. The zero-order valence-electron chi connectivity index (χ0n) is 22.2. The Labute approximate surface area is 235 Å². The average Bonchev–Trinajstić information content (AvgIpc) is 3.31. The van der Waals surface area contributed by atoms with Crippen LogP contribution in [0.25, 0.3) is 10.9 Å². The van der Waals surface area contributed by atoms with Crippen molar-refractivity contribution in [1.29, 1.82) is 0 Å². The van der Waals surface area contributed by atoms with Crippen molar-refractivity contribution in [2.24, 2.45) is 0 Å². The molecular formula is C30H31N3O4S2. The lowest BCUT2D eigenvalue weighted by atomic mass is 9.83. The number of carbonyl (C=O) groups is 2. The molecule has 2 aromatic carbocycles. The molecule has 1 aliphatic carbocycles. The number of nitrogens with one attached hydrogen (secondary N) is 1. The average molecular weight is 562 g/mol. The topological polar surface area (TPSA) is 90.3 Å². The molecule has 1 N–H and O–H groups in total. The summed E-state index contributed by atoms with van der Waals surface area (Å²) in [5.74, 6) is -0.288. The molecule has 2 unspecified atom stereocenters. The molecule has 0 bridgehead atoms. The fourth-order valence-electron chi connectivity index (χ4n) is 5.04.